The summed E-state index contributed by atoms with van der Waals surface area (Å²) in [6.07, 6.45) is 1.87. The quantitative estimate of drug-likeness (QED) is 0.559. The lowest BCUT2D eigenvalue weighted by Crippen LogP contribution is -2.22. The van der Waals surface area contributed by atoms with E-state index < -0.39 is 10.0 Å². The minimum absolute atomic E-state index is 0.232. The number of ether oxygens (including phenoxy) is 1. The van der Waals surface area contributed by atoms with Crippen LogP contribution in [0.1, 0.15) is 12.8 Å². The third-order valence-corrected chi connectivity index (χ3v) is 4.71. The first-order valence-electron chi connectivity index (χ1n) is 6.44. The number of benzene rings is 1. The van der Waals surface area contributed by atoms with Gasteiger partial charge in [0, 0.05) is 34.4 Å². The van der Waals surface area contributed by atoms with Crippen LogP contribution in [0.4, 0.5) is 11.4 Å². The Bertz CT molecular complexity index is 530. The van der Waals surface area contributed by atoms with E-state index in [4.69, 9.17) is 10.5 Å². The minimum atomic E-state index is -3.44. The Kier molecular flexibility index (Phi) is 6.25. The number of methoxy groups -OCH3 is 1. The molecule has 0 saturated carbocycles. The number of hydrogen-bond acceptors (Lipinski definition) is 5. The van der Waals surface area contributed by atoms with Gasteiger partial charge in [-0.15, -0.1) is 0 Å². The molecule has 0 radical (unpaired) electrons. The molecule has 1 aromatic carbocycles. The van der Waals surface area contributed by atoms with Gasteiger partial charge in [-0.25, -0.2) is 12.7 Å². The van der Waals surface area contributed by atoms with Crippen molar-refractivity contribution in [3.8, 4) is 0 Å². The average molecular weight is 301 g/mol. The standard InChI is InChI=1S/C13H23N3O3S/c1-16(2)20(17,18)11-6-7-12(14)13(10-11)15-8-4-5-9-19-3/h6-7,10,15H,4-5,8-9,14H2,1-3H3. The van der Waals surface area contributed by atoms with Crippen LogP contribution in [-0.2, 0) is 14.8 Å². The van der Waals surface area contributed by atoms with Crippen LogP contribution in [0.3, 0.4) is 0 Å². The van der Waals surface area contributed by atoms with Gasteiger partial charge in [-0.1, -0.05) is 0 Å². The second-order valence-corrected chi connectivity index (χ2v) is 6.82. The molecule has 6 nitrogen and oxygen atoms in total. The second kappa shape index (κ2) is 7.47. The van der Waals surface area contributed by atoms with Gasteiger partial charge in [0.1, 0.15) is 0 Å². The zero-order chi connectivity index (χ0) is 15.2. The summed E-state index contributed by atoms with van der Waals surface area (Å²) < 4.78 is 30.3. The molecule has 0 unspecified atom stereocenters. The van der Waals surface area contributed by atoms with Crippen molar-refractivity contribution in [2.45, 2.75) is 17.7 Å². The van der Waals surface area contributed by atoms with Crippen molar-refractivity contribution < 1.29 is 13.2 Å². The molecule has 0 amide bonds. The first-order chi connectivity index (χ1) is 9.39. The van der Waals surface area contributed by atoms with Gasteiger partial charge in [0.25, 0.3) is 0 Å². The Morgan fingerprint density at radius 2 is 2.00 bits per heavy atom. The van der Waals surface area contributed by atoms with E-state index in [0.717, 1.165) is 19.4 Å². The fourth-order valence-electron chi connectivity index (χ4n) is 1.65. The van der Waals surface area contributed by atoms with Crippen molar-refractivity contribution in [1.29, 1.82) is 0 Å². The van der Waals surface area contributed by atoms with E-state index in [2.05, 4.69) is 5.32 Å². The van der Waals surface area contributed by atoms with Crippen molar-refractivity contribution in [2.24, 2.45) is 0 Å². The number of unbranched alkanes of at least 4 members (excludes halogenated alkanes) is 1. The number of anilines is 2. The van der Waals surface area contributed by atoms with Gasteiger partial charge in [-0.05, 0) is 31.0 Å². The lowest BCUT2D eigenvalue weighted by molar-refractivity contribution is 0.194. The fourth-order valence-corrected chi connectivity index (χ4v) is 2.58. The van der Waals surface area contributed by atoms with Gasteiger partial charge in [0.05, 0.1) is 16.3 Å². The summed E-state index contributed by atoms with van der Waals surface area (Å²) in [4.78, 5) is 0.232. The molecule has 0 atom stereocenters. The van der Waals surface area contributed by atoms with E-state index in [9.17, 15) is 8.42 Å². The van der Waals surface area contributed by atoms with E-state index in [1.54, 1.807) is 19.2 Å². The van der Waals surface area contributed by atoms with Crippen molar-refractivity contribution in [3.05, 3.63) is 18.2 Å². The summed E-state index contributed by atoms with van der Waals surface area (Å²) in [6, 6.07) is 4.69. The molecule has 1 rings (SSSR count). The molecule has 114 valence electrons. The summed E-state index contributed by atoms with van der Waals surface area (Å²) in [5, 5.41) is 3.16. The Balaban J connectivity index is 2.77. The molecule has 0 bridgehead atoms. The summed E-state index contributed by atoms with van der Waals surface area (Å²) >= 11 is 0. The topological polar surface area (TPSA) is 84.7 Å². The molecular weight excluding hydrogens is 278 g/mol. The molecule has 0 aromatic heterocycles. The number of hydrogen-bond donors (Lipinski definition) is 2. The van der Waals surface area contributed by atoms with E-state index in [-0.39, 0.29) is 4.90 Å². The molecule has 0 aliphatic rings. The molecule has 3 N–H and O–H groups in total. The van der Waals surface area contributed by atoms with Crippen molar-refractivity contribution >= 4 is 21.4 Å². The molecule has 0 spiro atoms. The number of nitrogens with one attached hydrogen (secondary N) is 1. The number of sulfonamides is 1. The molecule has 0 fully saturated rings. The predicted octanol–water partition coefficient (Wildman–Crippen LogP) is 1.36. The summed E-state index contributed by atoms with van der Waals surface area (Å²) in [5.41, 5.74) is 7.03. The zero-order valence-corrected chi connectivity index (χ0v) is 13.0. The first kappa shape index (κ1) is 16.7. The minimum Gasteiger partial charge on any atom is -0.397 e. The smallest absolute Gasteiger partial charge is 0.242 e. The second-order valence-electron chi connectivity index (χ2n) is 4.66. The molecule has 0 aliphatic heterocycles. The van der Waals surface area contributed by atoms with Crippen molar-refractivity contribution in [1.82, 2.24) is 4.31 Å². The molecule has 7 heteroatoms. The highest BCUT2D eigenvalue weighted by Gasteiger charge is 2.18. The first-order valence-corrected chi connectivity index (χ1v) is 7.88. The monoisotopic (exact) mass is 301 g/mol. The number of nitrogen functional groups attached to an aromatic ring is 1. The van der Waals surface area contributed by atoms with Gasteiger partial charge >= 0.3 is 0 Å². The summed E-state index contributed by atoms with van der Waals surface area (Å²) in [5.74, 6) is 0. The van der Waals surface area contributed by atoms with Gasteiger partial charge in [0.15, 0.2) is 0 Å². The van der Waals surface area contributed by atoms with Crippen LogP contribution < -0.4 is 11.1 Å². The van der Waals surface area contributed by atoms with Gasteiger partial charge < -0.3 is 15.8 Å². The predicted molar refractivity (Wildman–Crippen MR) is 81.3 cm³/mol. The summed E-state index contributed by atoms with van der Waals surface area (Å²) in [6.45, 7) is 1.44. The maximum Gasteiger partial charge on any atom is 0.242 e. The fraction of sp³-hybridized carbons (Fsp3) is 0.538. The molecule has 0 heterocycles. The largest absolute Gasteiger partial charge is 0.397 e. The Labute approximate surface area is 121 Å². The highest BCUT2D eigenvalue weighted by atomic mass is 32.2. The van der Waals surface area contributed by atoms with Crippen LogP contribution in [0.25, 0.3) is 0 Å². The normalized spacial score (nSPS) is 11.8. The molecule has 0 saturated heterocycles. The third kappa shape index (κ3) is 4.36. The van der Waals surface area contributed by atoms with Crippen LogP contribution in [0, 0.1) is 0 Å². The van der Waals surface area contributed by atoms with Crippen LogP contribution in [-0.4, -0.2) is 47.1 Å². The van der Waals surface area contributed by atoms with E-state index in [1.807, 2.05) is 0 Å². The molecular formula is C13H23N3O3S. The Morgan fingerprint density at radius 1 is 1.30 bits per heavy atom. The molecule has 0 aliphatic carbocycles. The highest BCUT2D eigenvalue weighted by molar-refractivity contribution is 7.89. The van der Waals surface area contributed by atoms with Gasteiger partial charge in [-0.2, -0.15) is 0 Å². The maximum atomic E-state index is 12.1. The maximum absolute atomic E-state index is 12.1. The van der Waals surface area contributed by atoms with Gasteiger partial charge in [0.2, 0.25) is 10.0 Å². The number of nitrogens with zero attached hydrogens (tertiary/aromatic N) is 1. The highest BCUT2D eigenvalue weighted by Crippen LogP contribution is 2.24. The average Bonchev–Trinajstić information content (AvgIpc) is 2.40. The SMILES string of the molecule is COCCCCNc1cc(S(=O)(=O)N(C)C)ccc1N. The summed E-state index contributed by atoms with van der Waals surface area (Å²) in [7, 11) is 1.24. The Hall–Kier alpha value is -1.31. The third-order valence-electron chi connectivity index (χ3n) is 2.89. The van der Waals surface area contributed by atoms with E-state index in [0.29, 0.717) is 18.0 Å². The zero-order valence-electron chi connectivity index (χ0n) is 12.2. The number of nitrogens with two attached hydrogens (primary N) is 1. The number of rotatable bonds is 8. The molecule has 20 heavy (non-hydrogen) atoms. The lowest BCUT2D eigenvalue weighted by Gasteiger charge is -2.14. The Morgan fingerprint density at radius 3 is 2.60 bits per heavy atom. The lowest BCUT2D eigenvalue weighted by atomic mass is 10.2. The van der Waals surface area contributed by atoms with E-state index >= 15 is 0 Å². The van der Waals surface area contributed by atoms with Gasteiger partial charge in [-0.3, -0.25) is 0 Å². The molecule has 1 aromatic rings. The van der Waals surface area contributed by atoms with Crippen LogP contribution >= 0.6 is 0 Å². The van der Waals surface area contributed by atoms with Crippen LogP contribution in [0.5, 0.6) is 0 Å². The van der Waals surface area contributed by atoms with E-state index in [1.165, 1.54) is 24.5 Å². The van der Waals surface area contributed by atoms with Crippen molar-refractivity contribution in [3.63, 3.8) is 0 Å². The van der Waals surface area contributed by atoms with Crippen LogP contribution in [0.2, 0.25) is 0 Å². The van der Waals surface area contributed by atoms with Crippen molar-refractivity contribution in [2.75, 3.05) is 45.4 Å². The van der Waals surface area contributed by atoms with Crippen LogP contribution in [0.15, 0.2) is 23.1 Å².